The molecule has 0 radical (unpaired) electrons. The summed E-state index contributed by atoms with van der Waals surface area (Å²) in [5, 5.41) is 8.93. The van der Waals surface area contributed by atoms with Crippen molar-refractivity contribution in [1.82, 2.24) is 9.97 Å². The third-order valence-electron chi connectivity index (χ3n) is 2.07. The van der Waals surface area contributed by atoms with Crippen molar-refractivity contribution < 1.29 is 9.50 Å². The second-order valence-electron chi connectivity index (χ2n) is 3.08. The van der Waals surface area contributed by atoms with Crippen molar-refractivity contribution >= 4 is 0 Å². The molecule has 0 spiro atoms. The summed E-state index contributed by atoms with van der Waals surface area (Å²) in [4.78, 5) is 7.43. The second kappa shape index (κ2) is 4.14. The zero-order valence-corrected chi connectivity index (χ0v) is 7.89. The Morgan fingerprint density at radius 1 is 1.27 bits per heavy atom. The maximum atomic E-state index is 13.4. The van der Waals surface area contributed by atoms with E-state index in [9.17, 15) is 4.39 Å². The Labute approximate surface area is 86.3 Å². The minimum atomic E-state index is -0.543. The van der Waals surface area contributed by atoms with Gasteiger partial charge in [0.1, 0.15) is 0 Å². The molecule has 0 saturated carbocycles. The summed E-state index contributed by atoms with van der Waals surface area (Å²) in [6.07, 6.45) is 4.49. The maximum Gasteiger partial charge on any atom is 0.220 e. The van der Waals surface area contributed by atoms with E-state index in [1.165, 1.54) is 6.20 Å². The largest absolute Gasteiger partial charge is 0.392 e. The van der Waals surface area contributed by atoms with Gasteiger partial charge in [-0.05, 0) is 29.3 Å². The third-order valence-corrected chi connectivity index (χ3v) is 2.07. The summed E-state index contributed by atoms with van der Waals surface area (Å²) in [5.74, 6) is -0.543. The van der Waals surface area contributed by atoms with Crippen molar-refractivity contribution in [2.24, 2.45) is 0 Å². The van der Waals surface area contributed by atoms with Crippen LogP contribution in [0.5, 0.6) is 0 Å². The van der Waals surface area contributed by atoms with Crippen LogP contribution in [0.1, 0.15) is 5.56 Å². The van der Waals surface area contributed by atoms with Crippen LogP contribution in [0.4, 0.5) is 4.39 Å². The number of halogens is 1. The molecule has 15 heavy (non-hydrogen) atoms. The van der Waals surface area contributed by atoms with E-state index in [1.807, 2.05) is 0 Å². The van der Waals surface area contributed by atoms with Crippen LogP contribution in [-0.4, -0.2) is 15.1 Å². The van der Waals surface area contributed by atoms with Crippen LogP contribution in [0.15, 0.2) is 36.8 Å². The fourth-order valence-corrected chi connectivity index (χ4v) is 1.31. The van der Waals surface area contributed by atoms with Gasteiger partial charge in [0, 0.05) is 24.2 Å². The zero-order chi connectivity index (χ0) is 10.7. The fourth-order valence-electron chi connectivity index (χ4n) is 1.31. The van der Waals surface area contributed by atoms with Gasteiger partial charge in [0.15, 0.2) is 0 Å². The summed E-state index contributed by atoms with van der Waals surface area (Å²) < 4.78 is 13.4. The van der Waals surface area contributed by atoms with Crippen LogP contribution < -0.4 is 0 Å². The highest BCUT2D eigenvalue weighted by molar-refractivity contribution is 5.62. The molecule has 0 aliphatic rings. The van der Waals surface area contributed by atoms with Crippen LogP contribution in [0, 0.1) is 5.95 Å². The molecule has 0 fully saturated rings. The molecule has 2 rings (SSSR count). The molecule has 0 saturated heterocycles. The summed E-state index contributed by atoms with van der Waals surface area (Å²) >= 11 is 0. The molecule has 0 unspecified atom stereocenters. The topological polar surface area (TPSA) is 46.0 Å². The molecule has 1 N–H and O–H groups in total. The Balaban J connectivity index is 2.52. The lowest BCUT2D eigenvalue weighted by Crippen LogP contribution is -1.93. The molecule has 0 aliphatic heterocycles. The van der Waals surface area contributed by atoms with Gasteiger partial charge in [-0.15, -0.1) is 0 Å². The fraction of sp³-hybridized carbons (Fsp3) is 0.0909. The number of nitrogens with zero attached hydrogens (tertiary/aromatic N) is 2. The van der Waals surface area contributed by atoms with Gasteiger partial charge in [-0.2, -0.15) is 4.39 Å². The van der Waals surface area contributed by atoms with Crippen molar-refractivity contribution in [2.75, 3.05) is 0 Å². The summed E-state index contributed by atoms with van der Waals surface area (Å²) in [5.41, 5.74) is 1.66. The van der Waals surface area contributed by atoms with Crippen molar-refractivity contribution in [3.05, 3.63) is 48.3 Å². The first-order valence-corrected chi connectivity index (χ1v) is 4.47. The molecule has 2 heterocycles. The Kier molecular flexibility index (Phi) is 2.69. The van der Waals surface area contributed by atoms with E-state index in [2.05, 4.69) is 9.97 Å². The Morgan fingerprint density at radius 3 is 2.67 bits per heavy atom. The van der Waals surface area contributed by atoms with Crippen LogP contribution in [0.2, 0.25) is 0 Å². The van der Waals surface area contributed by atoms with Crippen LogP contribution in [0.3, 0.4) is 0 Å². The number of hydrogen-bond donors (Lipinski definition) is 1. The first kappa shape index (κ1) is 9.73. The SMILES string of the molecule is OCc1cnc(F)c(-c2ccncc2)c1. The van der Waals surface area contributed by atoms with E-state index in [4.69, 9.17) is 5.11 Å². The van der Waals surface area contributed by atoms with Crippen molar-refractivity contribution in [3.8, 4) is 11.1 Å². The smallest absolute Gasteiger partial charge is 0.220 e. The van der Waals surface area contributed by atoms with E-state index >= 15 is 0 Å². The lowest BCUT2D eigenvalue weighted by atomic mass is 10.1. The monoisotopic (exact) mass is 204 g/mol. The van der Waals surface area contributed by atoms with E-state index in [1.54, 1.807) is 30.6 Å². The minimum Gasteiger partial charge on any atom is -0.392 e. The first-order chi connectivity index (χ1) is 7.31. The Bertz CT molecular complexity index is 459. The molecule has 0 aliphatic carbocycles. The number of aliphatic hydroxyl groups is 1. The third kappa shape index (κ3) is 1.99. The van der Waals surface area contributed by atoms with Crippen LogP contribution in [0.25, 0.3) is 11.1 Å². The van der Waals surface area contributed by atoms with Gasteiger partial charge < -0.3 is 5.11 Å². The second-order valence-corrected chi connectivity index (χ2v) is 3.08. The number of pyridine rings is 2. The molecule has 2 aromatic rings. The van der Waals surface area contributed by atoms with E-state index < -0.39 is 5.95 Å². The lowest BCUT2D eigenvalue weighted by Gasteiger charge is -2.03. The van der Waals surface area contributed by atoms with Crippen LogP contribution >= 0.6 is 0 Å². The lowest BCUT2D eigenvalue weighted by molar-refractivity contribution is 0.281. The van der Waals surface area contributed by atoms with Gasteiger partial charge in [-0.25, -0.2) is 4.98 Å². The predicted octanol–water partition coefficient (Wildman–Crippen LogP) is 1.77. The molecule has 0 bridgehead atoms. The van der Waals surface area contributed by atoms with Crippen molar-refractivity contribution in [2.45, 2.75) is 6.61 Å². The minimum absolute atomic E-state index is 0.147. The average molecular weight is 204 g/mol. The van der Waals surface area contributed by atoms with Crippen molar-refractivity contribution in [3.63, 3.8) is 0 Å². The highest BCUT2D eigenvalue weighted by Crippen LogP contribution is 2.21. The Morgan fingerprint density at radius 2 is 2.00 bits per heavy atom. The normalized spacial score (nSPS) is 10.3. The molecule has 0 aromatic carbocycles. The molecule has 0 amide bonds. The number of hydrogen-bond acceptors (Lipinski definition) is 3. The molecule has 3 nitrogen and oxygen atoms in total. The number of rotatable bonds is 2. The van der Waals surface area contributed by atoms with Crippen molar-refractivity contribution in [1.29, 1.82) is 0 Å². The number of aliphatic hydroxyl groups excluding tert-OH is 1. The number of aromatic nitrogens is 2. The first-order valence-electron chi connectivity index (χ1n) is 4.47. The van der Waals surface area contributed by atoms with Gasteiger partial charge in [0.2, 0.25) is 5.95 Å². The van der Waals surface area contributed by atoms with Gasteiger partial charge in [0.25, 0.3) is 0 Å². The quantitative estimate of drug-likeness (QED) is 0.758. The summed E-state index contributed by atoms with van der Waals surface area (Å²) in [6, 6.07) is 4.97. The van der Waals surface area contributed by atoms with Crippen LogP contribution in [-0.2, 0) is 6.61 Å². The van der Waals surface area contributed by atoms with Gasteiger partial charge >= 0.3 is 0 Å². The van der Waals surface area contributed by atoms with Gasteiger partial charge in [0.05, 0.1) is 6.61 Å². The molecular formula is C11H9FN2O. The molecule has 76 valence electrons. The molecule has 2 aromatic heterocycles. The molecular weight excluding hydrogens is 195 g/mol. The van der Waals surface area contributed by atoms with Gasteiger partial charge in [-0.3, -0.25) is 4.98 Å². The van der Waals surface area contributed by atoms with E-state index in [0.29, 0.717) is 16.7 Å². The highest BCUT2D eigenvalue weighted by atomic mass is 19.1. The van der Waals surface area contributed by atoms with E-state index in [0.717, 1.165) is 0 Å². The average Bonchev–Trinajstić information content (AvgIpc) is 2.31. The predicted molar refractivity (Wildman–Crippen MR) is 53.3 cm³/mol. The standard InChI is InChI=1S/C11H9FN2O/c12-11-10(5-8(7-15)6-14-11)9-1-3-13-4-2-9/h1-6,15H,7H2. The summed E-state index contributed by atoms with van der Waals surface area (Å²) in [7, 11) is 0. The molecule has 0 atom stereocenters. The Hall–Kier alpha value is -1.81. The molecule has 4 heteroatoms. The van der Waals surface area contributed by atoms with E-state index in [-0.39, 0.29) is 6.61 Å². The maximum absolute atomic E-state index is 13.4. The zero-order valence-electron chi connectivity index (χ0n) is 7.89. The summed E-state index contributed by atoms with van der Waals surface area (Å²) in [6.45, 7) is -0.147. The van der Waals surface area contributed by atoms with Gasteiger partial charge in [-0.1, -0.05) is 0 Å². The highest BCUT2D eigenvalue weighted by Gasteiger charge is 2.06.